The van der Waals surface area contributed by atoms with Gasteiger partial charge in [-0.3, -0.25) is 4.98 Å². The molecule has 2 saturated heterocycles. The molecule has 4 rings (SSSR count). The SMILES string of the molecule is Cc1cnc2c(S(=O)(=O)N3CCC4(CCNC4)C3)cccc2c1. The Morgan fingerprint density at radius 2 is 2.17 bits per heavy atom. The van der Waals surface area contributed by atoms with Gasteiger partial charge in [0, 0.05) is 31.2 Å². The Kier molecular flexibility index (Phi) is 3.44. The fraction of sp³-hybridized carbons (Fsp3) is 0.471. The molecule has 0 radical (unpaired) electrons. The molecule has 6 heteroatoms. The average molecular weight is 331 g/mol. The van der Waals surface area contributed by atoms with Gasteiger partial charge < -0.3 is 5.32 Å². The number of fused-ring (bicyclic) bond motifs is 1. The molecule has 0 bridgehead atoms. The summed E-state index contributed by atoms with van der Waals surface area (Å²) >= 11 is 0. The van der Waals surface area contributed by atoms with E-state index in [9.17, 15) is 8.42 Å². The smallest absolute Gasteiger partial charge is 0.245 e. The molecule has 3 heterocycles. The van der Waals surface area contributed by atoms with E-state index in [1.165, 1.54) is 0 Å². The number of hydrogen-bond acceptors (Lipinski definition) is 4. The van der Waals surface area contributed by atoms with Crippen LogP contribution in [0.3, 0.4) is 0 Å². The molecule has 0 saturated carbocycles. The van der Waals surface area contributed by atoms with Gasteiger partial charge in [0.2, 0.25) is 10.0 Å². The van der Waals surface area contributed by atoms with Crippen LogP contribution in [-0.2, 0) is 10.0 Å². The van der Waals surface area contributed by atoms with Gasteiger partial charge in [-0.15, -0.1) is 0 Å². The normalized spacial score (nSPS) is 25.6. The van der Waals surface area contributed by atoms with E-state index in [1.807, 2.05) is 19.1 Å². The first kappa shape index (κ1) is 15.1. The molecule has 122 valence electrons. The summed E-state index contributed by atoms with van der Waals surface area (Å²) < 4.78 is 27.9. The minimum Gasteiger partial charge on any atom is -0.316 e. The Labute approximate surface area is 136 Å². The summed E-state index contributed by atoms with van der Waals surface area (Å²) in [6, 6.07) is 7.38. The van der Waals surface area contributed by atoms with Crippen LogP contribution in [0.4, 0.5) is 0 Å². The van der Waals surface area contributed by atoms with Gasteiger partial charge >= 0.3 is 0 Å². The fourth-order valence-electron chi connectivity index (χ4n) is 3.83. The second kappa shape index (κ2) is 5.26. The van der Waals surface area contributed by atoms with E-state index in [0.717, 1.165) is 36.9 Å². The van der Waals surface area contributed by atoms with E-state index >= 15 is 0 Å². The summed E-state index contributed by atoms with van der Waals surface area (Å²) in [7, 11) is -3.50. The molecule has 0 amide bonds. The number of pyridine rings is 1. The summed E-state index contributed by atoms with van der Waals surface area (Å²) in [5.74, 6) is 0. The van der Waals surface area contributed by atoms with E-state index in [-0.39, 0.29) is 5.41 Å². The number of benzene rings is 1. The topological polar surface area (TPSA) is 62.3 Å². The van der Waals surface area contributed by atoms with Crippen LogP contribution in [0.25, 0.3) is 10.9 Å². The number of rotatable bonds is 2. The average Bonchev–Trinajstić information content (AvgIpc) is 3.17. The zero-order chi connectivity index (χ0) is 16.1. The first-order valence-electron chi connectivity index (χ1n) is 8.07. The van der Waals surface area contributed by atoms with Crippen molar-refractivity contribution in [2.75, 3.05) is 26.2 Å². The molecule has 2 aliphatic rings. The Bertz CT molecular complexity index is 857. The first-order valence-corrected chi connectivity index (χ1v) is 9.51. The zero-order valence-electron chi connectivity index (χ0n) is 13.2. The van der Waals surface area contributed by atoms with Gasteiger partial charge in [-0.2, -0.15) is 4.31 Å². The number of aryl methyl sites for hydroxylation is 1. The highest BCUT2D eigenvalue weighted by Crippen LogP contribution is 2.39. The molecule has 1 aromatic carbocycles. The van der Waals surface area contributed by atoms with Gasteiger partial charge in [0.15, 0.2) is 0 Å². The molecule has 1 unspecified atom stereocenters. The maximum Gasteiger partial charge on any atom is 0.245 e. The predicted molar refractivity (Wildman–Crippen MR) is 89.8 cm³/mol. The number of para-hydroxylation sites is 1. The van der Waals surface area contributed by atoms with Crippen LogP contribution in [0, 0.1) is 12.3 Å². The van der Waals surface area contributed by atoms with Crippen molar-refractivity contribution in [2.45, 2.75) is 24.7 Å². The molecular weight excluding hydrogens is 310 g/mol. The van der Waals surface area contributed by atoms with E-state index in [2.05, 4.69) is 10.3 Å². The molecular formula is C17H21N3O2S. The van der Waals surface area contributed by atoms with Crippen LogP contribution in [-0.4, -0.2) is 43.9 Å². The lowest BCUT2D eigenvalue weighted by Crippen LogP contribution is -2.33. The van der Waals surface area contributed by atoms with E-state index in [1.54, 1.807) is 22.6 Å². The second-order valence-corrected chi connectivity index (χ2v) is 8.76. The summed E-state index contributed by atoms with van der Waals surface area (Å²) in [4.78, 5) is 4.72. The van der Waals surface area contributed by atoms with Gasteiger partial charge in [-0.05, 0) is 49.4 Å². The van der Waals surface area contributed by atoms with E-state index in [4.69, 9.17) is 0 Å². The molecule has 1 aromatic heterocycles. The lowest BCUT2D eigenvalue weighted by atomic mass is 9.87. The third-order valence-corrected chi connectivity index (χ3v) is 7.04. The number of nitrogens with one attached hydrogen (secondary N) is 1. The van der Waals surface area contributed by atoms with Gasteiger partial charge in [-0.1, -0.05) is 12.1 Å². The molecule has 0 aliphatic carbocycles. The number of aromatic nitrogens is 1. The van der Waals surface area contributed by atoms with Gasteiger partial charge in [-0.25, -0.2) is 8.42 Å². The third-order valence-electron chi connectivity index (χ3n) is 5.16. The Hall–Kier alpha value is -1.50. The summed E-state index contributed by atoms with van der Waals surface area (Å²) in [6.07, 6.45) is 3.73. The highest BCUT2D eigenvalue weighted by atomic mass is 32.2. The number of sulfonamides is 1. The first-order chi connectivity index (χ1) is 11.0. The van der Waals surface area contributed by atoms with Crippen molar-refractivity contribution in [3.8, 4) is 0 Å². The highest BCUT2D eigenvalue weighted by Gasteiger charge is 2.44. The van der Waals surface area contributed by atoms with Crippen molar-refractivity contribution in [3.05, 3.63) is 36.0 Å². The highest BCUT2D eigenvalue weighted by molar-refractivity contribution is 7.89. The summed E-state index contributed by atoms with van der Waals surface area (Å²) in [5, 5.41) is 4.25. The van der Waals surface area contributed by atoms with Crippen LogP contribution < -0.4 is 5.32 Å². The Morgan fingerprint density at radius 1 is 1.30 bits per heavy atom. The molecule has 5 nitrogen and oxygen atoms in total. The maximum absolute atomic E-state index is 13.1. The van der Waals surface area contributed by atoms with Crippen molar-refractivity contribution in [1.29, 1.82) is 0 Å². The summed E-state index contributed by atoms with van der Waals surface area (Å²) in [6.45, 7) is 5.09. The second-order valence-electron chi connectivity index (χ2n) is 6.86. The van der Waals surface area contributed by atoms with E-state index in [0.29, 0.717) is 23.5 Å². The molecule has 2 aromatic rings. The lowest BCUT2D eigenvalue weighted by molar-refractivity contribution is 0.338. The predicted octanol–water partition coefficient (Wildman–Crippen LogP) is 1.92. The van der Waals surface area contributed by atoms with Crippen LogP contribution in [0.2, 0.25) is 0 Å². The van der Waals surface area contributed by atoms with E-state index < -0.39 is 10.0 Å². The Morgan fingerprint density at radius 3 is 2.96 bits per heavy atom. The van der Waals surface area contributed by atoms with Gasteiger partial charge in [0.1, 0.15) is 4.90 Å². The minimum absolute atomic E-state index is 0.127. The monoisotopic (exact) mass is 331 g/mol. The largest absolute Gasteiger partial charge is 0.316 e. The quantitative estimate of drug-likeness (QED) is 0.913. The molecule has 2 aliphatic heterocycles. The molecule has 1 atom stereocenters. The number of nitrogens with zero attached hydrogens (tertiary/aromatic N) is 2. The molecule has 1 N–H and O–H groups in total. The van der Waals surface area contributed by atoms with Crippen molar-refractivity contribution in [1.82, 2.24) is 14.6 Å². The van der Waals surface area contributed by atoms with Crippen molar-refractivity contribution in [3.63, 3.8) is 0 Å². The van der Waals surface area contributed by atoms with Crippen molar-refractivity contribution < 1.29 is 8.42 Å². The van der Waals surface area contributed by atoms with Crippen LogP contribution in [0.5, 0.6) is 0 Å². The molecule has 1 spiro atoms. The third kappa shape index (κ3) is 2.45. The molecule has 2 fully saturated rings. The standard InChI is InChI=1S/C17H21N3O2S/c1-13-9-14-3-2-4-15(16(14)19-10-13)23(21,22)20-8-6-17(12-20)5-7-18-11-17/h2-4,9-10,18H,5-8,11-12H2,1H3. The lowest BCUT2D eigenvalue weighted by Gasteiger charge is -2.23. The van der Waals surface area contributed by atoms with Crippen LogP contribution in [0.15, 0.2) is 35.4 Å². The molecule has 23 heavy (non-hydrogen) atoms. The summed E-state index contributed by atoms with van der Waals surface area (Å²) in [5.41, 5.74) is 1.73. The van der Waals surface area contributed by atoms with Crippen LogP contribution >= 0.6 is 0 Å². The zero-order valence-corrected chi connectivity index (χ0v) is 14.1. The van der Waals surface area contributed by atoms with Gasteiger partial charge in [0.05, 0.1) is 5.52 Å². The maximum atomic E-state index is 13.1. The van der Waals surface area contributed by atoms with Gasteiger partial charge in [0.25, 0.3) is 0 Å². The van der Waals surface area contributed by atoms with Crippen molar-refractivity contribution >= 4 is 20.9 Å². The number of hydrogen-bond donors (Lipinski definition) is 1. The minimum atomic E-state index is -3.50. The van der Waals surface area contributed by atoms with Crippen LogP contribution in [0.1, 0.15) is 18.4 Å². The Balaban J connectivity index is 1.75. The van der Waals surface area contributed by atoms with Crippen molar-refractivity contribution in [2.24, 2.45) is 5.41 Å². The fourth-order valence-corrected chi connectivity index (χ4v) is 5.55.